The second kappa shape index (κ2) is 10.7. The van der Waals surface area contributed by atoms with E-state index in [1.165, 1.54) is 18.2 Å². The Kier molecular flexibility index (Phi) is 7.99. The third-order valence-electron chi connectivity index (χ3n) is 4.03. The lowest BCUT2D eigenvalue weighted by Crippen LogP contribution is -2.16. The number of carbonyl (C=O) groups excluding carboxylic acids is 4. The highest BCUT2D eigenvalue weighted by molar-refractivity contribution is 6.07. The number of ether oxygens (including phenoxy) is 3. The molecule has 0 radical (unpaired) electrons. The normalized spacial score (nSPS) is 10.1. The van der Waals surface area contributed by atoms with E-state index in [1.54, 1.807) is 13.8 Å². The summed E-state index contributed by atoms with van der Waals surface area (Å²) in [4.78, 5) is 59.3. The molecule has 2 aromatic rings. The zero-order valence-corrected chi connectivity index (χ0v) is 17.5. The Morgan fingerprint density at radius 2 is 1.28 bits per heavy atom. The minimum Gasteiger partial charge on any atom is -0.465 e. The molecule has 32 heavy (non-hydrogen) atoms. The molecule has 0 aliphatic heterocycles. The predicted molar refractivity (Wildman–Crippen MR) is 111 cm³/mol. The van der Waals surface area contributed by atoms with Crippen molar-refractivity contribution in [3.63, 3.8) is 0 Å². The molecule has 0 unspecified atom stereocenters. The molecule has 0 atom stereocenters. The maximum absolute atomic E-state index is 12.7. The van der Waals surface area contributed by atoms with E-state index < -0.39 is 34.4 Å². The van der Waals surface area contributed by atoms with E-state index in [0.29, 0.717) is 0 Å². The number of anilines is 1. The molecule has 0 bridgehead atoms. The lowest BCUT2D eigenvalue weighted by atomic mass is 10.1. The Morgan fingerprint density at radius 1 is 0.812 bits per heavy atom. The number of nitrogens with one attached hydrogen (secondary N) is 1. The van der Waals surface area contributed by atoms with Gasteiger partial charge in [-0.3, -0.25) is 14.9 Å². The number of rotatable bonds is 8. The van der Waals surface area contributed by atoms with Crippen molar-refractivity contribution in [1.29, 1.82) is 0 Å². The van der Waals surface area contributed by atoms with E-state index in [0.717, 1.165) is 25.3 Å². The summed E-state index contributed by atoms with van der Waals surface area (Å²) in [6, 6.07) is 6.88. The van der Waals surface area contributed by atoms with Crippen LogP contribution >= 0.6 is 0 Å². The van der Waals surface area contributed by atoms with Crippen molar-refractivity contribution in [2.45, 2.75) is 13.8 Å². The van der Waals surface area contributed by atoms with Crippen LogP contribution in [0.3, 0.4) is 0 Å². The van der Waals surface area contributed by atoms with E-state index >= 15 is 0 Å². The number of methoxy groups -OCH3 is 1. The second-order valence-electron chi connectivity index (χ2n) is 6.21. The molecule has 2 aromatic carbocycles. The van der Waals surface area contributed by atoms with Crippen molar-refractivity contribution >= 4 is 35.2 Å². The fourth-order valence-electron chi connectivity index (χ4n) is 2.65. The Bertz CT molecular complexity index is 1040. The zero-order chi connectivity index (χ0) is 23.8. The summed E-state index contributed by atoms with van der Waals surface area (Å²) >= 11 is 0. The molecule has 11 nitrogen and oxygen atoms in total. The van der Waals surface area contributed by atoms with Gasteiger partial charge in [-0.2, -0.15) is 0 Å². The highest BCUT2D eigenvalue weighted by atomic mass is 16.6. The van der Waals surface area contributed by atoms with Crippen LogP contribution in [0.4, 0.5) is 11.4 Å². The number of carbonyl (C=O) groups is 4. The zero-order valence-electron chi connectivity index (χ0n) is 17.5. The minimum atomic E-state index is -0.864. The quantitative estimate of drug-likeness (QED) is 0.280. The molecule has 1 N–H and O–H groups in total. The molecule has 0 saturated heterocycles. The average Bonchev–Trinajstić information content (AvgIpc) is 2.78. The minimum absolute atomic E-state index is 0.0120. The number of nitro benzene ring substituents is 1. The Hall–Kier alpha value is -4.28. The van der Waals surface area contributed by atoms with Gasteiger partial charge in [-0.25, -0.2) is 14.4 Å². The first-order chi connectivity index (χ1) is 15.2. The molecule has 0 aliphatic carbocycles. The third-order valence-corrected chi connectivity index (χ3v) is 4.03. The van der Waals surface area contributed by atoms with Gasteiger partial charge in [0.1, 0.15) is 0 Å². The number of nitro groups is 1. The molecule has 0 saturated carbocycles. The van der Waals surface area contributed by atoms with E-state index in [4.69, 9.17) is 9.47 Å². The molecule has 1 amide bonds. The highest BCUT2D eigenvalue weighted by Crippen LogP contribution is 2.21. The van der Waals surface area contributed by atoms with Gasteiger partial charge in [-0.15, -0.1) is 0 Å². The first-order valence-electron chi connectivity index (χ1n) is 9.38. The summed E-state index contributed by atoms with van der Waals surface area (Å²) in [5, 5.41) is 13.6. The van der Waals surface area contributed by atoms with Gasteiger partial charge < -0.3 is 19.5 Å². The highest BCUT2D eigenvalue weighted by Gasteiger charge is 2.20. The standard InChI is InChI=1S/C21H20N2O9/c1-4-31-20(26)13-7-14(21(27)32-5-2)9-16(8-13)22-18(24)12-6-15(19(25)30-3)11-17(10-12)23(28)29/h6-11H,4-5H2,1-3H3,(H,22,24). The summed E-state index contributed by atoms with van der Waals surface area (Å²) in [5.74, 6) is -3.14. The van der Waals surface area contributed by atoms with Crippen molar-refractivity contribution in [3.05, 3.63) is 68.8 Å². The number of hydrogen-bond donors (Lipinski definition) is 1. The Morgan fingerprint density at radius 3 is 1.75 bits per heavy atom. The third kappa shape index (κ3) is 5.88. The van der Waals surface area contributed by atoms with Gasteiger partial charge in [0.25, 0.3) is 11.6 Å². The number of non-ortho nitro benzene ring substituents is 1. The molecule has 168 valence electrons. The Labute approximate surface area is 182 Å². The van der Waals surface area contributed by atoms with Crippen LogP contribution in [0.1, 0.15) is 55.3 Å². The summed E-state index contributed by atoms with van der Waals surface area (Å²) in [5.41, 5.74) is -0.887. The van der Waals surface area contributed by atoms with E-state index in [2.05, 4.69) is 10.1 Å². The van der Waals surface area contributed by atoms with Crippen molar-refractivity contribution in [3.8, 4) is 0 Å². The van der Waals surface area contributed by atoms with Gasteiger partial charge >= 0.3 is 17.9 Å². The molecule has 2 rings (SSSR count). The van der Waals surface area contributed by atoms with Crippen LogP contribution in [0.15, 0.2) is 36.4 Å². The van der Waals surface area contributed by atoms with Crippen molar-refractivity contribution < 1.29 is 38.3 Å². The van der Waals surface area contributed by atoms with Gasteiger partial charge in [-0.1, -0.05) is 0 Å². The number of amides is 1. The fourth-order valence-corrected chi connectivity index (χ4v) is 2.65. The molecular formula is C21H20N2O9. The van der Waals surface area contributed by atoms with Crippen LogP contribution in [0.5, 0.6) is 0 Å². The second-order valence-corrected chi connectivity index (χ2v) is 6.21. The summed E-state index contributed by atoms with van der Waals surface area (Å²) in [7, 11) is 1.10. The molecule has 0 aromatic heterocycles. The monoisotopic (exact) mass is 444 g/mol. The van der Waals surface area contributed by atoms with E-state index in [9.17, 15) is 29.3 Å². The largest absolute Gasteiger partial charge is 0.465 e. The van der Waals surface area contributed by atoms with Crippen LogP contribution < -0.4 is 5.32 Å². The summed E-state index contributed by atoms with van der Waals surface area (Å²) in [6.45, 7) is 3.40. The van der Waals surface area contributed by atoms with Gasteiger partial charge in [0.05, 0.1) is 41.9 Å². The molecule has 0 spiro atoms. The average molecular weight is 444 g/mol. The van der Waals surface area contributed by atoms with Crippen molar-refractivity contribution in [1.82, 2.24) is 0 Å². The van der Waals surface area contributed by atoms with E-state index in [1.807, 2.05) is 0 Å². The number of nitrogens with zero attached hydrogens (tertiary/aromatic N) is 1. The van der Waals surface area contributed by atoms with Crippen LogP contribution in [-0.2, 0) is 14.2 Å². The van der Waals surface area contributed by atoms with Gasteiger partial charge in [-0.05, 0) is 38.1 Å². The van der Waals surface area contributed by atoms with Crippen LogP contribution in [0.25, 0.3) is 0 Å². The lowest BCUT2D eigenvalue weighted by Gasteiger charge is -2.11. The Balaban J connectivity index is 2.46. The van der Waals surface area contributed by atoms with Crippen LogP contribution in [0.2, 0.25) is 0 Å². The first kappa shape index (κ1) is 24.0. The number of esters is 3. The number of benzene rings is 2. The first-order valence-corrected chi connectivity index (χ1v) is 9.38. The van der Waals surface area contributed by atoms with Gasteiger partial charge in [0, 0.05) is 23.4 Å². The summed E-state index contributed by atoms with van der Waals surface area (Å²) < 4.78 is 14.4. The molecular weight excluding hydrogens is 424 g/mol. The molecule has 0 fully saturated rings. The van der Waals surface area contributed by atoms with Crippen LogP contribution in [-0.4, -0.2) is 49.1 Å². The van der Waals surface area contributed by atoms with Gasteiger partial charge in [0.2, 0.25) is 0 Å². The van der Waals surface area contributed by atoms with Crippen molar-refractivity contribution in [2.24, 2.45) is 0 Å². The fraction of sp³-hybridized carbons (Fsp3) is 0.238. The predicted octanol–water partition coefficient (Wildman–Crippen LogP) is 2.99. The smallest absolute Gasteiger partial charge is 0.338 e. The summed E-state index contributed by atoms with van der Waals surface area (Å²) in [6.07, 6.45) is 0. The van der Waals surface area contributed by atoms with E-state index in [-0.39, 0.29) is 41.2 Å². The van der Waals surface area contributed by atoms with Gasteiger partial charge in [0.15, 0.2) is 0 Å². The lowest BCUT2D eigenvalue weighted by molar-refractivity contribution is -0.384. The number of hydrogen-bond acceptors (Lipinski definition) is 9. The maximum atomic E-state index is 12.7. The topological polar surface area (TPSA) is 151 Å². The maximum Gasteiger partial charge on any atom is 0.338 e. The van der Waals surface area contributed by atoms with Crippen molar-refractivity contribution in [2.75, 3.05) is 25.6 Å². The molecule has 0 heterocycles. The van der Waals surface area contributed by atoms with Crippen LogP contribution in [0, 0.1) is 10.1 Å². The molecule has 0 aliphatic rings. The molecule has 11 heteroatoms. The SMILES string of the molecule is CCOC(=O)c1cc(NC(=O)c2cc(C(=O)OC)cc([N+](=O)[O-])c2)cc(C(=O)OCC)c1.